The van der Waals surface area contributed by atoms with Crippen molar-refractivity contribution in [3.63, 3.8) is 0 Å². The van der Waals surface area contributed by atoms with Gasteiger partial charge in [0.2, 0.25) is 0 Å². The van der Waals surface area contributed by atoms with Crippen LogP contribution >= 0.6 is 0 Å². The molecule has 0 aliphatic heterocycles. The third-order valence-electron chi connectivity index (χ3n) is 3.29. The van der Waals surface area contributed by atoms with Gasteiger partial charge in [-0.25, -0.2) is 0 Å². The number of nitrogens with zero attached hydrogens (tertiary/aromatic N) is 1. The van der Waals surface area contributed by atoms with Gasteiger partial charge < -0.3 is 0 Å². The maximum atomic E-state index is 4.18. The smallest absolute Gasteiger partial charge is 0.0309 e. The van der Waals surface area contributed by atoms with Gasteiger partial charge in [-0.05, 0) is 53.3 Å². The number of hydrogen-bond donors (Lipinski definition) is 0. The molecule has 3 rings (SSSR count). The Kier molecular flexibility index (Phi) is 1.69. The molecule has 15 heavy (non-hydrogen) atoms. The van der Waals surface area contributed by atoms with Crippen LogP contribution in [0.4, 0.5) is 0 Å². The van der Waals surface area contributed by atoms with Crippen LogP contribution in [0.5, 0.6) is 0 Å². The number of hydrogen-bond acceptors (Lipinski definition) is 1. The highest BCUT2D eigenvalue weighted by Gasteiger charge is 2.18. The fraction of sp³-hybridized carbons (Fsp3) is 0.214. The van der Waals surface area contributed by atoms with Gasteiger partial charge in [-0.15, -0.1) is 0 Å². The van der Waals surface area contributed by atoms with Gasteiger partial charge in [-0.1, -0.05) is 12.1 Å². The van der Waals surface area contributed by atoms with Crippen molar-refractivity contribution in [2.75, 3.05) is 0 Å². The molecule has 0 N–H and O–H groups in total. The first-order chi connectivity index (χ1) is 7.25. The van der Waals surface area contributed by atoms with E-state index in [0.717, 1.165) is 6.42 Å². The zero-order chi connectivity index (χ0) is 10.4. The second-order valence-electron chi connectivity index (χ2n) is 4.30. The van der Waals surface area contributed by atoms with E-state index in [-0.39, 0.29) is 0 Å². The van der Waals surface area contributed by atoms with Gasteiger partial charge >= 0.3 is 0 Å². The summed E-state index contributed by atoms with van der Waals surface area (Å²) in [6.45, 7) is 4.35. The van der Waals surface area contributed by atoms with E-state index >= 15 is 0 Å². The molecule has 1 aliphatic carbocycles. The highest BCUT2D eigenvalue weighted by Crippen LogP contribution is 2.37. The second-order valence-corrected chi connectivity index (χ2v) is 4.30. The molecule has 1 nitrogen and oxygen atoms in total. The minimum atomic E-state index is 1.04. The van der Waals surface area contributed by atoms with Gasteiger partial charge in [0.1, 0.15) is 0 Å². The van der Waals surface area contributed by atoms with E-state index < -0.39 is 0 Å². The summed E-state index contributed by atoms with van der Waals surface area (Å²) in [6.07, 6.45) is 4.91. The van der Waals surface area contributed by atoms with Gasteiger partial charge in [0, 0.05) is 18.8 Å². The second kappa shape index (κ2) is 2.93. The molecule has 0 saturated heterocycles. The topological polar surface area (TPSA) is 12.9 Å². The molecule has 0 unspecified atom stereocenters. The third-order valence-corrected chi connectivity index (χ3v) is 3.29. The van der Waals surface area contributed by atoms with Gasteiger partial charge in [-0.2, -0.15) is 0 Å². The molecule has 1 aromatic carbocycles. The lowest BCUT2D eigenvalue weighted by Crippen LogP contribution is -1.86. The van der Waals surface area contributed by atoms with Crippen molar-refractivity contribution in [2.45, 2.75) is 20.3 Å². The molecule has 0 radical (unpaired) electrons. The lowest BCUT2D eigenvalue weighted by atomic mass is 10.0. The van der Waals surface area contributed by atoms with Crippen molar-refractivity contribution < 1.29 is 0 Å². The van der Waals surface area contributed by atoms with E-state index in [4.69, 9.17) is 0 Å². The highest BCUT2D eigenvalue weighted by molar-refractivity contribution is 5.77. The fourth-order valence-electron chi connectivity index (χ4n) is 2.31. The largest absolute Gasteiger partial charge is 0.264 e. The van der Waals surface area contributed by atoms with E-state index in [9.17, 15) is 0 Å². The average molecular weight is 195 g/mol. The molecule has 1 aliphatic rings. The van der Waals surface area contributed by atoms with Crippen LogP contribution in [-0.2, 0) is 6.42 Å². The Bertz CT molecular complexity index is 541. The number of pyridine rings is 1. The SMILES string of the molecule is Cc1cc2c(cc1C)-c1ccncc1C2. The van der Waals surface area contributed by atoms with Crippen LogP contribution in [0.25, 0.3) is 11.1 Å². The quantitative estimate of drug-likeness (QED) is 0.536. The van der Waals surface area contributed by atoms with E-state index in [2.05, 4.69) is 37.0 Å². The highest BCUT2D eigenvalue weighted by atomic mass is 14.6. The summed E-state index contributed by atoms with van der Waals surface area (Å²) < 4.78 is 0. The summed E-state index contributed by atoms with van der Waals surface area (Å²) >= 11 is 0. The van der Waals surface area contributed by atoms with Gasteiger partial charge in [-0.3, -0.25) is 4.98 Å². The van der Waals surface area contributed by atoms with Gasteiger partial charge in [0.25, 0.3) is 0 Å². The molecule has 2 aromatic rings. The molecule has 74 valence electrons. The van der Waals surface area contributed by atoms with E-state index in [0.29, 0.717) is 0 Å². The number of aryl methyl sites for hydroxylation is 2. The Morgan fingerprint density at radius 3 is 2.67 bits per heavy atom. The van der Waals surface area contributed by atoms with E-state index in [1.165, 1.54) is 33.4 Å². The Morgan fingerprint density at radius 2 is 1.80 bits per heavy atom. The number of benzene rings is 1. The normalized spacial score (nSPS) is 12.4. The molecular formula is C14H13N. The van der Waals surface area contributed by atoms with Crippen molar-refractivity contribution in [3.05, 3.63) is 52.8 Å². The summed E-state index contributed by atoms with van der Waals surface area (Å²) in [5, 5.41) is 0. The first kappa shape index (κ1) is 8.66. The Balaban J connectivity index is 2.29. The number of fused-ring (bicyclic) bond motifs is 3. The molecule has 0 atom stereocenters. The molecule has 1 heteroatoms. The van der Waals surface area contributed by atoms with Crippen molar-refractivity contribution in [3.8, 4) is 11.1 Å². The summed E-state index contributed by atoms with van der Waals surface area (Å²) in [5.74, 6) is 0. The Labute approximate surface area is 89.8 Å². The number of rotatable bonds is 0. The van der Waals surface area contributed by atoms with Crippen LogP contribution in [0.15, 0.2) is 30.6 Å². The summed E-state index contributed by atoms with van der Waals surface area (Å²) in [4.78, 5) is 4.18. The van der Waals surface area contributed by atoms with Crippen molar-refractivity contribution in [1.29, 1.82) is 0 Å². The molecule has 0 spiro atoms. The first-order valence-corrected chi connectivity index (χ1v) is 5.29. The molecule has 0 amide bonds. The van der Waals surface area contributed by atoms with E-state index in [1.807, 2.05) is 12.4 Å². The molecule has 0 saturated carbocycles. The van der Waals surface area contributed by atoms with Crippen molar-refractivity contribution in [2.24, 2.45) is 0 Å². The minimum absolute atomic E-state index is 1.04. The monoisotopic (exact) mass is 195 g/mol. The van der Waals surface area contributed by atoms with Crippen LogP contribution < -0.4 is 0 Å². The Hall–Kier alpha value is -1.63. The molecule has 0 bridgehead atoms. The third kappa shape index (κ3) is 1.19. The predicted octanol–water partition coefficient (Wildman–Crippen LogP) is 3.27. The molecular weight excluding hydrogens is 182 g/mol. The zero-order valence-electron chi connectivity index (χ0n) is 9.04. The zero-order valence-corrected chi connectivity index (χ0v) is 9.04. The first-order valence-electron chi connectivity index (χ1n) is 5.29. The van der Waals surface area contributed by atoms with Crippen LogP contribution in [0.3, 0.4) is 0 Å². The predicted molar refractivity (Wildman–Crippen MR) is 62.0 cm³/mol. The molecule has 0 fully saturated rings. The Morgan fingerprint density at radius 1 is 1.00 bits per heavy atom. The lowest BCUT2D eigenvalue weighted by molar-refractivity contribution is 1.19. The molecule has 1 aromatic heterocycles. The van der Waals surface area contributed by atoms with Crippen LogP contribution in [0.2, 0.25) is 0 Å². The fourth-order valence-corrected chi connectivity index (χ4v) is 2.31. The average Bonchev–Trinajstić information content (AvgIpc) is 2.57. The van der Waals surface area contributed by atoms with Crippen LogP contribution in [0, 0.1) is 13.8 Å². The lowest BCUT2D eigenvalue weighted by Gasteiger charge is -2.05. The van der Waals surface area contributed by atoms with Crippen LogP contribution in [-0.4, -0.2) is 4.98 Å². The summed E-state index contributed by atoms with van der Waals surface area (Å²) in [5.41, 5.74) is 8.32. The van der Waals surface area contributed by atoms with E-state index in [1.54, 1.807) is 0 Å². The van der Waals surface area contributed by atoms with Crippen molar-refractivity contribution >= 4 is 0 Å². The molecule has 1 heterocycles. The van der Waals surface area contributed by atoms with Crippen LogP contribution in [0.1, 0.15) is 22.3 Å². The minimum Gasteiger partial charge on any atom is -0.264 e. The van der Waals surface area contributed by atoms with Crippen molar-refractivity contribution in [1.82, 2.24) is 4.98 Å². The van der Waals surface area contributed by atoms with Gasteiger partial charge in [0.15, 0.2) is 0 Å². The standard InChI is InChI=1S/C14H13N/c1-9-5-11-7-12-8-15-4-3-13(12)14(11)6-10(9)2/h3-6,8H,7H2,1-2H3. The summed E-state index contributed by atoms with van der Waals surface area (Å²) in [7, 11) is 0. The number of aromatic nitrogens is 1. The summed E-state index contributed by atoms with van der Waals surface area (Å²) in [6, 6.07) is 6.73. The van der Waals surface area contributed by atoms with Gasteiger partial charge in [0.05, 0.1) is 0 Å². The maximum Gasteiger partial charge on any atom is 0.0309 e. The maximum absolute atomic E-state index is 4.18.